The summed E-state index contributed by atoms with van der Waals surface area (Å²) in [6.45, 7) is 2.27. The third-order valence-electron chi connectivity index (χ3n) is 3.99. The number of fused-ring (bicyclic) bond motifs is 1. The van der Waals surface area contributed by atoms with Gasteiger partial charge in [-0.25, -0.2) is 9.78 Å². The molecule has 2 heterocycles. The van der Waals surface area contributed by atoms with E-state index in [1.54, 1.807) is 16.2 Å². The zero-order valence-electron chi connectivity index (χ0n) is 14.1. The number of hydrogen-bond donors (Lipinski definition) is 2. The highest BCUT2D eigenvalue weighted by Crippen LogP contribution is 2.30. The summed E-state index contributed by atoms with van der Waals surface area (Å²) in [5, 5.41) is 4.44. The molecule has 1 aliphatic rings. The average Bonchev–Trinajstić information content (AvgIpc) is 2.98. The maximum atomic E-state index is 11.6. The van der Waals surface area contributed by atoms with E-state index < -0.39 is 0 Å². The van der Waals surface area contributed by atoms with Crippen molar-refractivity contribution in [3.63, 3.8) is 0 Å². The minimum atomic E-state index is -0.388. The number of aromatic nitrogens is 1. The Morgan fingerprint density at radius 3 is 3.04 bits per heavy atom. The number of nitrogens with one attached hydrogen (secondary N) is 1. The normalized spacial score (nSPS) is 13.9. The fourth-order valence-electron chi connectivity index (χ4n) is 2.91. The Morgan fingerprint density at radius 1 is 1.46 bits per heavy atom. The molecule has 0 atom stereocenters. The first-order valence-corrected chi connectivity index (χ1v) is 8.86. The number of thiazole rings is 1. The molecule has 128 valence electrons. The fourth-order valence-corrected chi connectivity index (χ4v) is 3.89. The van der Waals surface area contributed by atoms with Crippen molar-refractivity contribution in [2.24, 2.45) is 5.73 Å². The van der Waals surface area contributed by atoms with Gasteiger partial charge in [0.1, 0.15) is 5.01 Å². The lowest BCUT2D eigenvalue weighted by Crippen LogP contribution is -2.39. The molecule has 0 bridgehead atoms. The number of amides is 2. The lowest BCUT2D eigenvalue weighted by atomic mass is 10.0. The third-order valence-corrected chi connectivity index (χ3v) is 4.97. The van der Waals surface area contributed by atoms with Crippen LogP contribution in [0.15, 0.2) is 24.4 Å². The Hall–Kier alpha value is -2.12. The highest BCUT2D eigenvalue weighted by atomic mass is 32.1. The van der Waals surface area contributed by atoms with Gasteiger partial charge in [0.25, 0.3) is 0 Å². The highest BCUT2D eigenvalue weighted by molar-refractivity contribution is 7.11. The molecule has 3 N–H and O–H groups in total. The number of hydrogen-bond acceptors (Lipinski definition) is 5. The maximum absolute atomic E-state index is 11.6. The summed E-state index contributed by atoms with van der Waals surface area (Å²) in [6.07, 6.45) is 3.87. The van der Waals surface area contributed by atoms with Crippen LogP contribution >= 0.6 is 11.3 Å². The van der Waals surface area contributed by atoms with Crippen LogP contribution in [0.3, 0.4) is 0 Å². The zero-order chi connectivity index (χ0) is 17.1. The van der Waals surface area contributed by atoms with Crippen molar-refractivity contribution in [3.8, 4) is 0 Å². The Kier molecular flexibility index (Phi) is 5.01. The Morgan fingerprint density at radius 2 is 2.29 bits per heavy atom. The van der Waals surface area contributed by atoms with Crippen LogP contribution in [0.5, 0.6) is 0 Å². The molecule has 3 rings (SSSR count). The average molecular weight is 345 g/mol. The molecular weight excluding hydrogens is 322 g/mol. The number of nitrogens with two attached hydrogens (primary N) is 1. The quantitative estimate of drug-likeness (QED) is 0.874. The number of primary amides is 1. The van der Waals surface area contributed by atoms with Crippen LogP contribution in [0.2, 0.25) is 0 Å². The molecule has 0 fully saturated rings. The Bertz CT molecular complexity index is 728. The number of carbonyl (C=O) groups is 1. The molecule has 24 heavy (non-hydrogen) atoms. The predicted molar refractivity (Wildman–Crippen MR) is 98.5 cm³/mol. The summed E-state index contributed by atoms with van der Waals surface area (Å²) in [7, 11) is 4.10. The molecule has 2 aromatic rings. The molecule has 7 heteroatoms. The monoisotopic (exact) mass is 345 g/mol. The molecule has 0 aliphatic carbocycles. The minimum Gasteiger partial charge on any atom is -0.378 e. The van der Waals surface area contributed by atoms with Gasteiger partial charge >= 0.3 is 6.03 Å². The summed E-state index contributed by atoms with van der Waals surface area (Å²) in [5.74, 6) is 0. The molecule has 0 radical (unpaired) electrons. The summed E-state index contributed by atoms with van der Waals surface area (Å²) in [5.41, 5.74) is 8.57. The van der Waals surface area contributed by atoms with Gasteiger partial charge in [-0.15, -0.1) is 11.3 Å². The van der Waals surface area contributed by atoms with E-state index in [0.717, 1.165) is 35.8 Å². The van der Waals surface area contributed by atoms with E-state index in [4.69, 9.17) is 5.73 Å². The zero-order valence-corrected chi connectivity index (χ0v) is 14.9. The van der Waals surface area contributed by atoms with Crippen LogP contribution in [-0.4, -0.2) is 36.6 Å². The van der Waals surface area contributed by atoms with Gasteiger partial charge < -0.3 is 16.0 Å². The summed E-state index contributed by atoms with van der Waals surface area (Å²) < 4.78 is 0. The smallest absolute Gasteiger partial charge is 0.319 e. The second-order valence-electron chi connectivity index (χ2n) is 6.25. The van der Waals surface area contributed by atoms with E-state index in [1.807, 2.05) is 12.3 Å². The van der Waals surface area contributed by atoms with Crippen LogP contribution in [0.4, 0.5) is 16.2 Å². The van der Waals surface area contributed by atoms with Gasteiger partial charge in [0, 0.05) is 29.9 Å². The molecule has 0 saturated carbocycles. The summed E-state index contributed by atoms with van der Waals surface area (Å²) in [4.78, 5) is 21.1. The van der Waals surface area contributed by atoms with Crippen LogP contribution in [0, 0.1) is 0 Å². The second kappa shape index (κ2) is 7.19. The highest BCUT2D eigenvalue weighted by Gasteiger charge is 2.20. The van der Waals surface area contributed by atoms with Crippen molar-refractivity contribution in [1.29, 1.82) is 0 Å². The van der Waals surface area contributed by atoms with E-state index in [9.17, 15) is 4.79 Å². The number of carbonyl (C=O) groups excluding carboxylic acids is 1. The number of aryl methyl sites for hydroxylation is 1. The molecule has 1 aromatic carbocycles. The number of anilines is 2. The van der Waals surface area contributed by atoms with E-state index in [2.05, 4.69) is 41.4 Å². The lowest BCUT2D eigenvalue weighted by Gasteiger charge is -2.28. The molecule has 0 unspecified atom stereocenters. The van der Waals surface area contributed by atoms with Gasteiger partial charge in [0.2, 0.25) is 0 Å². The summed E-state index contributed by atoms with van der Waals surface area (Å²) >= 11 is 1.71. The van der Waals surface area contributed by atoms with Crippen LogP contribution in [-0.2, 0) is 19.5 Å². The first kappa shape index (κ1) is 16.7. The third kappa shape index (κ3) is 3.85. The standard InChI is InChI=1S/C17H23N5OS/c1-21(2)11-14-9-20-16(24-14)10-19-13-6-5-12-4-3-7-22(17(18)23)15(12)8-13/h5-6,8-9,19H,3-4,7,10-11H2,1-2H3,(H2,18,23). The van der Waals surface area contributed by atoms with Gasteiger partial charge in [0.15, 0.2) is 0 Å². The van der Waals surface area contributed by atoms with Crippen molar-refractivity contribution < 1.29 is 4.79 Å². The van der Waals surface area contributed by atoms with Crippen LogP contribution in [0.25, 0.3) is 0 Å². The first-order chi connectivity index (χ1) is 11.5. The van der Waals surface area contributed by atoms with Crippen molar-refractivity contribution in [1.82, 2.24) is 9.88 Å². The molecule has 0 saturated heterocycles. The molecular formula is C17H23N5OS. The molecule has 6 nitrogen and oxygen atoms in total. The van der Waals surface area contributed by atoms with Gasteiger partial charge in [-0.1, -0.05) is 6.07 Å². The first-order valence-electron chi connectivity index (χ1n) is 8.05. The van der Waals surface area contributed by atoms with E-state index in [0.29, 0.717) is 13.1 Å². The minimum absolute atomic E-state index is 0.388. The predicted octanol–water partition coefficient (Wildman–Crippen LogP) is 2.65. The van der Waals surface area contributed by atoms with Gasteiger partial charge in [0.05, 0.1) is 12.2 Å². The van der Waals surface area contributed by atoms with Crippen molar-refractivity contribution in [2.75, 3.05) is 30.9 Å². The van der Waals surface area contributed by atoms with Crippen molar-refractivity contribution in [2.45, 2.75) is 25.9 Å². The molecule has 1 aromatic heterocycles. The van der Waals surface area contributed by atoms with Crippen LogP contribution < -0.4 is 16.0 Å². The number of benzene rings is 1. The van der Waals surface area contributed by atoms with E-state index in [1.165, 1.54) is 10.4 Å². The number of nitrogens with zero attached hydrogens (tertiary/aromatic N) is 3. The number of urea groups is 1. The number of rotatable bonds is 5. The topological polar surface area (TPSA) is 74.5 Å². The van der Waals surface area contributed by atoms with E-state index >= 15 is 0 Å². The van der Waals surface area contributed by atoms with Gasteiger partial charge in [-0.2, -0.15) is 0 Å². The largest absolute Gasteiger partial charge is 0.378 e. The Balaban J connectivity index is 1.69. The molecule has 1 aliphatic heterocycles. The van der Waals surface area contributed by atoms with Gasteiger partial charge in [-0.05, 0) is 44.6 Å². The molecule has 2 amide bonds. The second-order valence-corrected chi connectivity index (χ2v) is 7.45. The van der Waals surface area contributed by atoms with Gasteiger partial charge in [-0.3, -0.25) is 4.90 Å². The maximum Gasteiger partial charge on any atom is 0.319 e. The lowest BCUT2D eigenvalue weighted by molar-refractivity contribution is 0.253. The van der Waals surface area contributed by atoms with Crippen molar-refractivity contribution >= 4 is 28.7 Å². The fraction of sp³-hybridized carbons (Fsp3) is 0.412. The Labute approximate surface area is 146 Å². The summed E-state index contributed by atoms with van der Waals surface area (Å²) in [6, 6.07) is 5.75. The van der Waals surface area contributed by atoms with Crippen molar-refractivity contribution in [3.05, 3.63) is 39.8 Å². The van der Waals surface area contributed by atoms with E-state index in [-0.39, 0.29) is 6.03 Å². The SMILES string of the molecule is CN(C)Cc1cnc(CNc2ccc3c(c2)N(C(N)=O)CCC3)s1. The van der Waals surface area contributed by atoms with Crippen LogP contribution in [0.1, 0.15) is 21.9 Å². The molecule has 0 spiro atoms.